The molecule has 1 amide bonds. The number of hydrogen-bond donors (Lipinski definition) is 4. The molecule has 0 saturated carbocycles. The van der Waals surface area contributed by atoms with Crippen molar-refractivity contribution in [2.75, 3.05) is 17.7 Å². The van der Waals surface area contributed by atoms with Crippen LogP contribution in [-0.2, 0) is 0 Å². The van der Waals surface area contributed by atoms with E-state index in [0.717, 1.165) is 16.5 Å². The minimum atomic E-state index is -0.716. The largest absolute Gasteiger partial charge is 0.494 e. The summed E-state index contributed by atoms with van der Waals surface area (Å²) in [6.45, 7) is 2.31. The van der Waals surface area contributed by atoms with E-state index in [2.05, 4.69) is 15.3 Å². The van der Waals surface area contributed by atoms with Gasteiger partial charge < -0.3 is 26.5 Å². The summed E-state index contributed by atoms with van der Waals surface area (Å²) >= 11 is 0. The van der Waals surface area contributed by atoms with Crippen LogP contribution >= 0.6 is 0 Å². The van der Waals surface area contributed by atoms with Crippen molar-refractivity contribution in [3.05, 3.63) is 102 Å². The van der Waals surface area contributed by atoms with E-state index in [-0.39, 0.29) is 0 Å². The van der Waals surface area contributed by atoms with Crippen molar-refractivity contribution in [2.45, 2.75) is 13.0 Å². The standard InChI is InChI=1S/C28H25FN6O2/c1-2-37-18-8-10-23(29)22(14-18)25(34-17-7-9-19-16(13-17)11-12-32-26(19)30)28-33-15-24(35-28)20-5-3-4-6-21(20)27(31)36/h3-15,25,34H,2H2,1H3,(H2,30,32)(H2,31,36)(H,33,35). The van der Waals surface area contributed by atoms with Gasteiger partial charge in [-0.15, -0.1) is 0 Å². The fourth-order valence-corrected chi connectivity index (χ4v) is 4.29. The van der Waals surface area contributed by atoms with E-state index in [0.29, 0.717) is 46.4 Å². The van der Waals surface area contributed by atoms with E-state index in [9.17, 15) is 4.79 Å². The zero-order valence-electron chi connectivity index (χ0n) is 20.0. The molecule has 0 radical (unpaired) electrons. The molecule has 0 aliphatic rings. The molecule has 1 unspecified atom stereocenters. The first-order valence-corrected chi connectivity index (χ1v) is 11.7. The Morgan fingerprint density at radius 1 is 1.14 bits per heavy atom. The number of nitrogens with one attached hydrogen (secondary N) is 2. The number of hydrogen-bond acceptors (Lipinski definition) is 6. The molecule has 1 atom stereocenters. The topological polar surface area (TPSA) is 132 Å². The number of ether oxygens (including phenoxy) is 1. The molecule has 37 heavy (non-hydrogen) atoms. The molecule has 5 rings (SSSR count). The molecule has 2 heterocycles. The van der Waals surface area contributed by atoms with Crippen LogP contribution in [-0.4, -0.2) is 27.5 Å². The number of nitrogen functional groups attached to an aromatic ring is 1. The first-order valence-electron chi connectivity index (χ1n) is 11.7. The van der Waals surface area contributed by atoms with Gasteiger partial charge in [0.2, 0.25) is 5.91 Å². The highest BCUT2D eigenvalue weighted by atomic mass is 19.1. The monoisotopic (exact) mass is 496 g/mol. The van der Waals surface area contributed by atoms with Gasteiger partial charge in [-0.3, -0.25) is 4.79 Å². The predicted octanol–water partition coefficient (Wildman–Crippen LogP) is 5.05. The van der Waals surface area contributed by atoms with Gasteiger partial charge in [-0.1, -0.05) is 18.2 Å². The second-order valence-corrected chi connectivity index (χ2v) is 8.41. The van der Waals surface area contributed by atoms with Crippen LogP contribution in [0.1, 0.15) is 34.7 Å². The quantitative estimate of drug-likeness (QED) is 0.238. The Kier molecular flexibility index (Phi) is 6.42. The maximum atomic E-state index is 15.2. The van der Waals surface area contributed by atoms with Crippen LogP contribution in [0.5, 0.6) is 5.75 Å². The molecule has 0 bridgehead atoms. The number of fused-ring (bicyclic) bond motifs is 1. The third-order valence-corrected chi connectivity index (χ3v) is 6.04. The van der Waals surface area contributed by atoms with Gasteiger partial charge in [0.1, 0.15) is 29.3 Å². The van der Waals surface area contributed by atoms with Crippen molar-refractivity contribution in [2.24, 2.45) is 5.73 Å². The van der Waals surface area contributed by atoms with Gasteiger partial charge in [-0.25, -0.2) is 14.4 Å². The average Bonchev–Trinajstić information content (AvgIpc) is 3.39. The normalized spacial score (nSPS) is 11.8. The molecule has 5 aromatic rings. The Bertz CT molecular complexity index is 1600. The van der Waals surface area contributed by atoms with Gasteiger partial charge >= 0.3 is 0 Å². The second kappa shape index (κ2) is 9.98. The van der Waals surface area contributed by atoms with Crippen LogP contribution in [0.2, 0.25) is 0 Å². The molecule has 2 aromatic heterocycles. The van der Waals surface area contributed by atoms with E-state index in [1.165, 1.54) is 6.07 Å². The number of nitrogens with two attached hydrogens (primary N) is 2. The van der Waals surface area contributed by atoms with Crippen molar-refractivity contribution in [1.82, 2.24) is 15.0 Å². The highest BCUT2D eigenvalue weighted by Gasteiger charge is 2.23. The smallest absolute Gasteiger partial charge is 0.249 e. The summed E-state index contributed by atoms with van der Waals surface area (Å²) in [5, 5.41) is 5.10. The lowest BCUT2D eigenvalue weighted by molar-refractivity contribution is 0.100. The minimum Gasteiger partial charge on any atom is -0.494 e. The maximum Gasteiger partial charge on any atom is 0.249 e. The van der Waals surface area contributed by atoms with E-state index in [1.807, 2.05) is 31.2 Å². The molecule has 0 fully saturated rings. The van der Waals surface area contributed by atoms with Gasteiger partial charge in [-0.05, 0) is 60.8 Å². The fraction of sp³-hybridized carbons (Fsp3) is 0.107. The molecule has 9 heteroatoms. The Morgan fingerprint density at radius 3 is 2.78 bits per heavy atom. The molecular weight excluding hydrogens is 471 g/mol. The van der Waals surface area contributed by atoms with E-state index < -0.39 is 17.8 Å². The fourth-order valence-electron chi connectivity index (χ4n) is 4.29. The van der Waals surface area contributed by atoms with Crippen molar-refractivity contribution in [3.63, 3.8) is 0 Å². The first-order chi connectivity index (χ1) is 17.9. The minimum absolute atomic E-state index is 0.337. The summed E-state index contributed by atoms with van der Waals surface area (Å²) in [4.78, 5) is 24.0. The van der Waals surface area contributed by atoms with Gasteiger partial charge in [-0.2, -0.15) is 0 Å². The lowest BCUT2D eigenvalue weighted by Crippen LogP contribution is -2.16. The molecule has 186 valence electrons. The summed E-state index contributed by atoms with van der Waals surface area (Å²) in [6.07, 6.45) is 3.31. The van der Waals surface area contributed by atoms with E-state index in [1.54, 1.807) is 48.8 Å². The van der Waals surface area contributed by atoms with Crippen molar-refractivity contribution < 1.29 is 13.9 Å². The van der Waals surface area contributed by atoms with Gasteiger partial charge in [0.25, 0.3) is 0 Å². The van der Waals surface area contributed by atoms with Crippen molar-refractivity contribution in [3.8, 4) is 17.0 Å². The van der Waals surface area contributed by atoms with Crippen LogP contribution in [0.4, 0.5) is 15.9 Å². The highest BCUT2D eigenvalue weighted by Crippen LogP contribution is 2.33. The number of H-pyrrole nitrogens is 1. The number of carbonyl (C=O) groups excluding carboxylic acids is 1. The summed E-state index contributed by atoms with van der Waals surface area (Å²) in [5.41, 5.74) is 14.1. The predicted molar refractivity (Wildman–Crippen MR) is 142 cm³/mol. The lowest BCUT2D eigenvalue weighted by Gasteiger charge is -2.20. The number of pyridine rings is 1. The van der Waals surface area contributed by atoms with Crippen LogP contribution in [0.15, 0.2) is 79.1 Å². The zero-order chi connectivity index (χ0) is 25.9. The number of anilines is 2. The number of halogens is 1. The number of amides is 1. The second-order valence-electron chi connectivity index (χ2n) is 8.41. The molecule has 0 spiro atoms. The van der Waals surface area contributed by atoms with Gasteiger partial charge in [0, 0.05) is 40.2 Å². The van der Waals surface area contributed by atoms with E-state index >= 15 is 4.39 Å². The number of rotatable bonds is 8. The van der Waals surface area contributed by atoms with Crippen LogP contribution < -0.4 is 21.5 Å². The van der Waals surface area contributed by atoms with Crippen molar-refractivity contribution >= 4 is 28.2 Å². The maximum absolute atomic E-state index is 15.2. The zero-order valence-corrected chi connectivity index (χ0v) is 20.0. The van der Waals surface area contributed by atoms with E-state index in [4.69, 9.17) is 21.2 Å². The third kappa shape index (κ3) is 4.79. The average molecular weight is 497 g/mol. The van der Waals surface area contributed by atoms with Gasteiger partial charge in [0.15, 0.2) is 0 Å². The van der Waals surface area contributed by atoms with Crippen LogP contribution in [0, 0.1) is 5.82 Å². The van der Waals surface area contributed by atoms with Crippen LogP contribution in [0.3, 0.4) is 0 Å². The summed E-state index contributed by atoms with van der Waals surface area (Å²) < 4.78 is 20.9. The number of nitrogens with zero attached hydrogens (tertiary/aromatic N) is 2. The summed E-state index contributed by atoms with van der Waals surface area (Å²) in [7, 11) is 0. The Labute approximate surface area is 212 Å². The Balaban J connectivity index is 1.60. The SMILES string of the molecule is CCOc1ccc(F)c(C(Nc2ccc3c(N)nccc3c2)c2nc(-c3ccccc3C(N)=O)c[nH]2)c1. The molecule has 8 nitrogen and oxygen atoms in total. The molecule has 0 aliphatic heterocycles. The summed E-state index contributed by atoms with van der Waals surface area (Å²) in [5.74, 6) is 0.422. The number of aromatic nitrogens is 3. The molecule has 0 saturated heterocycles. The molecule has 3 aromatic carbocycles. The number of benzene rings is 3. The number of imidazole rings is 1. The molecule has 0 aliphatic carbocycles. The number of carbonyl (C=O) groups is 1. The summed E-state index contributed by atoms with van der Waals surface area (Å²) in [6, 6.07) is 18.3. The third-order valence-electron chi connectivity index (χ3n) is 6.04. The van der Waals surface area contributed by atoms with Crippen molar-refractivity contribution in [1.29, 1.82) is 0 Å². The van der Waals surface area contributed by atoms with Crippen LogP contribution in [0.25, 0.3) is 22.0 Å². The van der Waals surface area contributed by atoms with Gasteiger partial charge in [0.05, 0.1) is 12.3 Å². The Morgan fingerprint density at radius 2 is 1.97 bits per heavy atom. The molecule has 6 N–H and O–H groups in total. The molecular formula is C28H25FN6O2. The lowest BCUT2D eigenvalue weighted by atomic mass is 10.0. The number of primary amides is 1. The first kappa shape index (κ1) is 23.8. The highest BCUT2D eigenvalue weighted by molar-refractivity contribution is 5.99. The Hall–Kier alpha value is -4.92. The number of aromatic amines is 1.